The van der Waals surface area contributed by atoms with E-state index in [9.17, 15) is 4.39 Å². The summed E-state index contributed by atoms with van der Waals surface area (Å²) < 4.78 is 13.3. The third-order valence-corrected chi connectivity index (χ3v) is 3.04. The molecule has 1 heterocycles. The maximum atomic E-state index is 13.3. The molecule has 2 rings (SSSR count). The van der Waals surface area contributed by atoms with E-state index >= 15 is 0 Å². The summed E-state index contributed by atoms with van der Waals surface area (Å²) in [6.07, 6.45) is 1.72. The molecule has 100 valence electrons. The lowest BCUT2D eigenvalue weighted by atomic mass is 10.1. The van der Waals surface area contributed by atoms with Gasteiger partial charge in [0.05, 0.1) is 10.7 Å². The average Bonchev–Trinajstić information content (AvgIpc) is 2.41. The first-order chi connectivity index (χ1) is 9.13. The molecule has 0 amide bonds. The van der Waals surface area contributed by atoms with Crippen molar-refractivity contribution in [1.29, 1.82) is 0 Å². The Bertz CT molecular complexity index is 587. The van der Waals surface area contributed by atoms with Crippen molar-refractivity contribution in [3.05, 3.63) is 40.9 Å². The highest BCUT2D eigenvalue weighted by Crippen LogP contribution is 2.28. The molecule has 0 atom stereocenters. The number of aryl methyl sites for hydroxylation is 1. The number of hydrogen-bond acceptors (Lipinski definition) is 3. The molecule has 3 nitrogen and oxygen atoms in total. The average molecular weight is 280 g/mol. The number of anilines is 1. The molecule has 5 heteroatoms. The van der Waals surface area contributed by atoms with Crippen LogP contribution in [0.5, 0.6) is 0 Å². The van der Waals surface area contributed by atoms with Crippen molar-refractivity contribution >= 4 is 17.4 Å². The summed E-state index contributed by atoms with van der Waals surface area (Å²) >= 11 is 6.11. The molecular formula is C14H15ClFN3. The predicted octanol–water partition coefficient (Wildman–Crippen LogP) is 3.93. The number of hydrogen-bond donors (Lipinski definition) is 1. The van der Waals surface area contributed by atoms with E-state index in [-0.39, 0.29) is 5.82 Å². The maximum absolute atomic E-state index is 13.3. The number of aromatic nitrogens is 2. The number of benzene rings is 1. The van der Waals surface area contributed by atoms with Gasteiger partial charge < -0.3 is 5.32 Å². The Labute approximate surface area is 116 Å². The lowest BCUT2D eigenvalue weighted by Crippen LogP contribution is -2.02. The Morgan fingerprint density at radius 3 is 2.74 bits per heavy atom. The number of rotatable bonds is 4. The molecule has 0 aliphatic carbocycles. The van der Waals surface area contributed by atoms with Gasteiger partial charge in [-0.25, -0.2) is 14.4 Å². The first-order valence-corrected chi connectivity index (χ1v) is 6.53. The lowest BCUT2D eigenvalue weighted by Gasteiger charge is -2.09. The van der Waals surface area contributed by atoms with Gasteiger partial charge in [0.25, 0.3) is 0 Å². The van der Waals surface area contributed by atoms with E-state index < -0.39 is 0 Å². The number of halogens is 2. The summed E-state index contributed by atoms with van der Waals surface area (Å²) in [4.78, 5) is 8.80. The van der Waals surface area contributed by atoms with Gasteiger partial charge in [-0.3, -0.25) is 0 Å². The molecule has 0 aliphatic rings. The molecule has 0 unspecified atom stereocenters. The van der Waals surface area contributed by atoms with Crippen LogP contribution in [-0.2, 0) is 6.42 Å². The van der Waals surface area contributed by atoms with E-state index in [1.807, 2.05) is 0 Å². The minimum atomic E-state index is -0.332. The maximum Gasteiger partial charge on any atom is 0.131 e. The van der Waals surface area contributed by atoms with E-state index in [4.69, 9.17) is 11.6 Å². The van der Waals surface area contributed by atoms with Crippen LogP contribution < -0.4 is 5.32 Å². The molecule has 1 N–H and O–H groups in total. The van der Waals surface area contributed by atoms with Crippen LogP contribution in [0.2, 0.25) is 5.02 Å². The van der Waals surface area contributed by atoms with Crippen LogP contribution >= 0.6 is 11.6 Å². The number of nitrogens with zero attached hydrogens (tertiary/aromatic N) is 2. The van der Waals surface area contributed by atoms with Crippen LogP contribution in [0.3, 0.4) is 0 Å². The molecule has 0 spiro atoms. The van der Waals surface area contributed by atoms with Crippen LogP contribution in [0.25, 0.3) is 11.3 Å². The van der Waals surface area contributed by atoms with Crippen molar-refractivity contribution in [1.82, 2.24) is 9.97 Å². The van der Waals surface area contributed by atoms with Gasteiger partial charge in [0, 0.05) is 25.1 Å². The zero-order chi connectivity index (χ0) is 13.8. The fourth-order valence-corrected chi connectivity index (χ4v) is 2.01. The van der Waals surface area contributed by atoms with Crippen molar-refractivity contribution in [3.8, 4) is 11.3 Å². The van der Waals surface area contributed by atoms with E-state index in [0.29, 0.717) is 22.1 Å². The van der Waals surface area contributed by atoms with Crippen LogP contribution in [0.1, 0.15) is 19.2 Å². The molecule has 2 aromatic rings. The highest BCUT2D eigenvalue weighted by molar-refractivity contribution is 6.33. The van der Waals surface area contributed by atoms with Crippen molar-refractivity contribution in [3.63, 3.8) is 0 Å². The largest absolute Gasteiger partial charge is 0.373 e. The molecule has 0 fully saturated rings. The first-order valence-electron chi connectivity index (χ1n) is 6.15. The summed E-state index contributed by atoms with van der Waals surface area (Å²) in [5.41, 5.74) is 1.21. The lowest BCUT2D eigenvalue weighted by molar-refractivity contribution is 0.628. The SMILES string of the molecule is CCCc1nc(NC)cc(-c2cc(F)ccc2Cl)n1. The van der Waals surface area contributed by atoms with Gasteiger partial charge >= 0.3 is 0 Å². The summed E-state index contributed by atoms with van der Waals surface area (Å²) in [5, 5.41) is 3.46. The van der Waals surface area contributed by atoms with Crippen LogP contribution in [-0.4, -0.2) is 17.0 Å². The second kappa shape index (κ2) is 5.97. The topological polar surface area (TPSA) is 37.8 Å². The molecule has 1 aromatic heterocycles. The van der Waals surface area contributed by atoms with E-state index in [1.54, 1.807) is 13.1 Å². The first kappa shape index (κ1) is 13.7. The Morgan fingerprint density at radius 1 is 1.26 bits per heavy atom. The quantitative estimate of drug-likeness (QED) is 0.921. The molecule has 0 aliphatic heterocycles. The molecule has 0 radical (unpaired) electrons. The summed E-state index contributed by atoms with van der Waals surface area (Å²) in [5.74, 6) is 1.10. The highest BCUT2D eigenvalue weighted by Gasteiger charge is 2.10. The van der Waals surface area contributed by atoms with Gasteiger partial charge in [0.15, 0.2) is 0 Å². The third kappa shape index (κ3) is 3.20. The molecule has 0 bridgehead atoms. The molecule has 19 heavy (non-hydrogen) atoms. The third-order valence-electron chi connectivity index (χ3n) is 2.71. The van der Waals surface area contributed by atoms with Gasteiger partial charge in [-0.1, -0.05) is 18.5 Å². The van der Waals surface area contributed by atoms with E-state index in [2.05, 4.69) is 22.2 Å². The second-order valence-corrected chi connectivity index (χ2v) is 4.59. The van der Waals surface area contributed by atoms with Crippen molar-refractivity contribution in [2.75, 3.05) is 12.4 Å². The monoisotopic (exact) mass is 279 g/mol. The molecular weight excluding hydrogens is 265 g/mol. The summed E-state index contributed by atoms with van der Waals surface area (Å²) in [7, 11) is 1.79. The van der Waals surface area contributed by atoms with Crippen molar-refractivity contribution < 1.29 is 4.39 Å². The Balaban J connectivity index is 2.54. The van der Waals surface area contributed by atoms with Crippen molar-refractivity contribution in [2.24, 2.45) is 0 Å². The van der Waals surface area contributed by atoms with E-state index in [1.165, 1.54) is 18.2 Å². The van der Waals surface area contributed by atoms with Gasteiger partial charge in [0.1, 0.15) is 17.5 Å². The van der Waals surface area contributed by atoms with Crippen LogP contribution in [0.15, 0.2) is 24.3 Å². The van der Waals surface area contributed by atoms with Crippen molar-refractivity contribution in [2.45, 2.75) is 19.8 Å². The summed E-state index contributed by atoms with van der Waals surface area (Å²) in [6, 6.07) is 6.02. The van der Waals surface area contributed by atoms with Gasteiger partial charge in [-0.15, -0.1) is 0 Å². The van der Waals surface area contributed by atoms with E-state index in [0.717, 1.165) is 18.7 Å². The predicted molar refractivity (Wildman–Crippen MR) is 76.0 cm³/mol. The normalized spacial score (nSPS) is 10.5. The smallest absolute Gasteiger partial charge is 0.131 e. The Morgan fingerprint density at radius 2 is 2.05 bits per heavy atom. The van der Waals surface area contributed by atoms with Gasteiger partial charge in [0.2, 0.25) is 0 Å². The van der Waals surface area contributed by atoms with Crippen LogP contribution in [0, 0.1) is 5.82 Å². The van der Waals surface area contributed by atoms with Crippen LogP contribution in [0.4, 0.5) is 10.2 Å². The fraction of sp³-hybridized carbons (Fsp3) is 0.286. The number of nitrogens with one attached hydrogen (secondary N) is 1. The Hall–Kier alpha value is -1.68. The highest BCUT2D eigenvalue weighted by atomic mass is 35.5. The second-order valence-electron chi connectivity index (χ2n) is 4.18. The van der Waals surface area contributed by atoms with Gasteiger partial charge in [-0.05, 0) is 24.6 Å². The minimum Gasteiger partial charge on any atom is -0.373 e. The fourth-order valence-electron chi connectivity index (χ4n) is 1.79. The van der Waals surface area contributed by atoms with Gasteiger partial charge in [-0.2, -0.15) is 0 Å². The molecule has 0 saturated carbocycles. The Kier molecular flexibility index (Phi) is 4.32. The minimum absolute atomic E-state index is 0.332. The molecule has 0 saturated heterocycles. The standard InChI is InChI=1S/C14H15ClFN3/c1-3-4-13-18-12(8-14(17-2)19-13)10-7-9(16)5-6-11(10)15/h5-8H,3-4H2,1-2H3,(H,17,18,19). The summed E-state index contributed by atoms with van der Waals surface area (Å²) in [6.45, 7) is 2.06. The zero-order valence-electron chi connectivity index (χ0n) is 10.9. The molecule has 1 aromatic carbocycles. The zero-order valence-corrected chi connectivity index (χ0v) is 11.6.